The summed E-state index contributed by atoms with van der Waals surface area (Å²) in [4.78, 5) is 0. The van der Waals surface area contributed by atoms with E-state index < -0.39 is 16.6 Å². The Hall–Kier alpha value is -0.166. The van der Waals surface area contributed by atoms with Crippen molar-refractivity contribution in [3.63, 3.8) is 0 Å². The summed E-state index contributed by atoms with van der Waals surface area (Å²) < 4.78 is 11.8. The first-order valence-corrected chi connectivity index (χ1v) is 13.2. The summed E-state index contributed by atoms with van der Waals surface area (Å²) >= 11 is 11.8. The lowest BCUT2D eigenvalue weighted by Gasteiger charge is -2.23. The molecule has 0 atom stereocenters. The van der Waals surface area contributed by atoms with Gasteiger partial charge in [0.25, 0.3) is 16.6 Å². The van der Waals surface area contributed by atoms with Gasteiger partial charge in [0.1, 0.15) is 11.5 Å². The Kier molecular flexibility index (Phi) is 5.58. The fraction of sp³-hybridized carbons (Fsp3) is 0.500. The molecule has 18 heavy (non-hydrogen) atoms. The zero-order valence-electron chi connectivity index (χ0n) is 11.3. The average Bonchev–Trinajstić information content (AvgIpc) is 2.31. The Labute approximate surface area is 121 Å². The van der Waals surface area contributed by atoms with Gasteiger partial charge in [-0.15, -0.1) is 23.2 Å². The van der Waals surface area contributed by atoms with Crippen LogP contribution in [0, 0.1) is 0 Å². The second-order valence-corrected chi connectivity index (χ2v) is 15.0. The summed E-state index contributed by atoms with van der Waals surface area (Å²) in [5, 5.41) is 0. The van der Waals surface area contributed by atoms with Gasteiger partial charge in [0.2, 0.25) is 0 Å². The van der Waals surface area contributed by atoms with Crippen molar-refractivity contribution in [2.75, 3.05) is 11.0 Å². The van der Waals surface area contributed by atoms with Crippen molar-refractivity contribution >= 4 is 39.8 Å². The molecule has 0 aliphatic rings. The van der Waals surface area contributed by atoms with Gasteiger partial charge in [-0.3, -0.25) is 0 Å². The highest BCUT2D eigenvalue weighted by Gasteiger charge is 2.24. The van der Waals surface area contributed by atoms with Crippen molar-refractivity contribution in [1.29, 1.82) is 0 Å². The van der Waals surface area contributed by atoms with E-state index in [1.165, 1.54) is 0 Å². The van der Waals surface area contributed by atoms with Crippen LogP contribution >= 0.6 is 23.2 Å². The van der Waals surface area contributed by atoms with Crippen LogP contribution in [0.5, 0.6) is 11.5 Å². The van der Waals surface area contributed by atoms with E-state index in [0.29, 0.717) is 11.0 Å². The molecule has 102 valence electrons. The first-order chi connectivity index (χ1) is 8.28. The van der Waals surface area contributed by atoms with E-state index in [9.17, 15) is 0 Å². The van der Waals surface area contributed by atoms with Crippen molar-refractivity contribution < 1.29 is 8.85 Å². The highest BCUT2D eigenvalue weighted by Crippen LogP contribution is 2.23. The molecule has 0 N–H and O–H groups in total. The maximum absolute atomic E-state index is 5.90. The van der Waals surface area contributed by atoms with Gasteiger partial charge in [-0.1, -0.05) is 0 Å². The molecule has 0 aliphatic heterocycles. The summed E-state index contributed by atoms with van der Waals surface area (Å²) in [6.45, 7) is 8.36. The van der Waals surface area contributed by atoms with E-state index >= 15 is 0 Å². The zero-order valence-corrected chi connectivity index (χ0v) is 14.8. The normalized spacial score (nSPS) is 12.3. The lowest BCUT2D eigenvalue weighted by molar-refractivity contribution is 0.540. The van der Waals surface area contributed by atoms with Crippen LogP contribution in [0.1, 0.15) is 0 Å². The standard InChI is InChI=1S/C12H20Cl2O2Si2/c1-17(2,9-13)15-11-5-7-12(8-6-11)16-18(3,4)10-14/h5-8H,9-10H2,1-4H3. The predicted molar refractivity (Wildman–Crippen MR) is 84.1 cm³/mol. The number of hydrogen-bond acceptors (Lipinski definition) is 2. The number of rotatable bonds is 6. The minimum Gasteiger partial charge on any atom is -0.543 e. The number of hydrogen-bond donors (Lipinski definition) is 0. The van der Waals surface area contributed by atoms with Crippen LogP contribution in [0.4, 0.5) is 0 Å². The molecule has 0 aliphatic carbocycles. The van der Waals surface area contributed by atoms with E-state index in [-0.39, 0.29) is 0 Å². The molecule has 0 amide bonds. The van der Waals surface area contributed by atoms with E-state index in [1.54, 1.807) is 0 Å². The minimum atomic E-state index is -1.78. The van der Waals surface area contributed by atoms with Gasteiger partial charge in [-0.2, -0.15) is 0 Å². The number of benzene rings is 1. The van der Waals surface area contributed by atoms with Gasteiger partial charge in [0.15, 0.2) is 0 Å². The smallest absolute Gasteiger partial charge is 0.259 e. The van der Waals surface area contributed by atoms with Crippen LogP contribution in [0.15, 0.2) is 24.3 Å². The Morgan fingerprint density at radius 3 is 1.28 bits per heavy atom. The summed E-state index contributed by atoms with van der Waals surface area (Å²) in [5.41, 5.74) is 1.16. The molecular weight excluding hydrogens is 303 g/mol. The molecule has 0 aromatic heterocycles. The maximum Gasteiger partial charge on any atom is 0.259 e. The van der Waals surface area contributed by atoms with E-state index in [1.807, 2.05) is 24.3 Å². The van der Waals surface area contributed by atoms with Crippen molar-refractivity contribution in [2.24, 2.45) is 0 Å². The molecule has 2 nitrogen and oxygen atoms in total. The van der Waals surface area contributed by atoms with Crippen molar-refractivity contribution in [3.8, 4) is 11.5 Å². The second-order valence-electron chi connectivity index (χ2n) is 5.46. The van der Waals surface area contributed by atoms with Crippen molar-refractivity contribution in [1.82, 2.24) is 0 Å². The Balaban J connectivity index is 2.69. The molecule has 0 saturated heterocycles. The first kappa shape index (κ1) is 15.9. The molecule has 1 aromatic rings. The van der Waals surface area contributed by atoms with Crippen LogP contribution in [0.2, 0.25) is 26.2 Å². The molecule has 0 radical (unpaired) electrons. The van der Waals surface area contributed by atoms with Crippen LogP contribution < -0.4 is 8.85 Å². The largest absolute Gasteiger partial charge is 0.543 e. The van der Waals surface area contributed by atoms with Crippen LogP contribution in [-0.2, 0) is 0 Å². The summed E-state index contributed by atoms with van der Waals surface area (Å²) in [6.07, 6.45) is 0. The molecule has 0 unspecified atom stereocenters. The fourth-order valence-corrected chi connectivity index (χ4v) is 3.25. The summed E-state index contributed by atoms with van der Waals surface area (Å²) in [5.74, 6) is 1.70. The Morgan fingerprint density at radius 2 is 1.06 bits per heavy atom. The Bertz CT molecular complexity index is 343. The second kappa shape index (κ2) is 6.32. The van der Waals surface area contributed by atoms with Crippen LogP contribution in [-0.4, -0.2) is 27.6 Å². The van der Waals surface area contributed by atoms with Gasteiger partial charge in [-0.25, -0.2) is 0 Å². The third-order valence-corrected chi connectivity index (χ3v) is 8.98. The molecule has 0 saturated carbocycles. The quantitative estimate of drug-likeness (QED) is 0.570. The molecule has 0 bridgehead atoms. The van der Waals surface area contributed by atoms with Crippen molar-refractivity contribution in [2.45, 2.75) is 26.2 Å². The molecule has 1 rings (SSSR count). The molecule has 0 fully saturated rings. The number of halogens is 2. The molecular formula is C12H20Cl2O2Si2. The average molecular weight is 323 g/mol. The SMILES string of the molecule is C[Si](C)(CCl)Oc1ccc(O[Si](C)(C)CCl)cc1. The van der Waals surface area contributed by atoms with Gasteiger partial charge < -0.3 is 8.85 Å². The van der Waals surface area contributed by atoms with Gasteiger partial charge in [0, 0.05) is 0 Å². The summed E-state index contributed by atoms with van der Waals surface area (Å²) in [6, 6.07) is 7.70. The van der Waals surface area contributed by atoms with Crippen LogP contribution in [0.25, 0.3) is 0 Å². The maximum atomic E-state index is 5.90. The summed E-state index contributed by atoms with van der Waals surface area (Å²) in [7, 11) is -3.55. The molecule has 0 spiro atoms. The highest BCUT2D eigenvalue weighted by molar-refractivity contribution is 6.78. The fourth-order valence-electron chi connectivity index (χ4n) is 1.27. The zero-order chi connectivity index (χ0) is 13.8. The highest BCUT2D eigenvalue weighted by atomic mass is 35.5. The van der Waals surface area contributed by atoms with E-state index in [4.69, 9.17) is 32.1 Å². The lowest BCUT2D eigenvalue weighted by atomic mass is 10.3. The molecule has 1 aromatic carbocycles. The number of alkyl halides is 2. The topological polar surface area (TPSA) is 18.5 Å². The third-order valence-electron chi connectivity index (χ3n) is 2.26. The van der Waals surface area contributed by atoms with Gasteiger partial charge in [0.05, 0.1) is 11.0 Å². The first-order valence-electron chi connectivity index (χ1n) is 5.88. The van der Waals surface area contributed by atoms with E-state index in [2.05, 4.69) is 26.2 Å². The third kappa shape index (κ3) is 5.22. The van der Waals surface area contributed by atoms with Crippen molar-refractivity contribution in [3.05, 3.63) is 24.3 Å². The van der Waals surface area contributed by atoms with Gasteiger partial charge in [-0.05, 0) is 50.5 Å². The molecule has 0 heterocycles. The lowest BCUT2D eigenvalue weighted by Crippen LogP contribution is -2.37. The van der Waals surface area contributed by atoms with E-state index in [0.717, 1.165) is 11.5 Å². The van der Waals surface area contributed by atoms with Gasteiger partial charge >= 0.3 is 0 Å². The minimum absolute atomic E-state index is 0.581. The molecule has 6 heteroatoms. The predicted octanol–water partition coefficient (Wildman–Crippen LogP) is 4.41. The Morgan fingerprint density at radius 1 is 0.778 bits per heavy atom. The van der Waals surface area contributed by atoms with Crippen LogP contribution in [0.3, 0.4) is 0 Å². The monoisotopic (exact) mass is 322 g/mol.